The molecule has 15 aromatic rings. The first kappa shape index (κ1) is 47.5. The molecule has 0 aromatic heterocycles. The molecule has 15 aromatic carbocycles. The van der Waals surface area contributed by atoms with Gasteiger partial charge < -0.3 is 9.80 Å². The molecule has 0 amide bonds. The van der Waals surface area contributed by atoms with Crippen LogP contribution in [0.15, 0.2) is 297 Å². The summed E-state index contributed by atoms with van der Waals surface area (Å²) in [6, 6.07) is 111. The van der Waals surface area contributed by atoms with Crippen molar-refractivity contribution in [2.75, 3.05) is 9.80 Å². The number of benzene rings is 15. The first-order valence-corrected chi connectivity index (χ1v) is 28.6. The van der Waals surface area contributed by atoms with E-state index in [2.05, 4.69) is 313 Å². The second-order valence-electron chi connectivity index (χ2n) is 22.0. The Kier molecular flexibility index (Phi) is 11.4. The highest BCUT2D eigenvalue weighted by Gasteiger charge is 2.24. The SMILES string of the molecule is C1=c2ccccc2=C(c2ccc(-c3c4ccc(N(c5ccc6ccccc6c5)c5ccc6ccccc6c5)cc4c(-c4ccc5ccccc5c4)c4ccc(N(c5ccc6ccccc6c5)c5ccc6ccccc6c5)cc34)cc2)CC1. The van der Waals surface area contributed by atoms with E-state index in [0.29, 0.717) is 0 Å². The molecular formula is C80H54N2. The normalized spacial score (nSPS) is 12.4. The zero-order valence-electron chi connectivity index (χ0n) is 45.2. The molecule has 0 heterocycles. The Bertz CT molecular complexity index is 5030. The largest absolute Gasteiger partial charge is 0.310 e. The maximum atomic E-state index is 2.47. The van der Waals surface area contributed by atoms with Crippen molar-refractivity contribution in [1.82, 2.24) is 0 Å². The van der Waals surface area contributed by atoms with Gasteiger partial charge in [0.1, 0.15) is 0 Å². The van der Waals surface area contributed by atoms with Gasteiger partial charge in [-0.1, -0.05) is 224 Å². The molecule has 0 saturated heterocycles. The van der Waals surface area contributed by atoms with E-state index in [4.69, 9.17) is 0 Å². The van der Waals surface area contributed by atoms with Crippen LogP contribution in [-0.2, 0) is 0 Å². The summed E-state index contributed by atoms with van der Waals surface area (Å²) < 4.78 is 0. The maximum absolute atomic E-state index is 2.47. The zero-order chi connectivity index (χ0) is 54.1. The van der Waals surface area contributed by atoms with E-state index in [0.717, 1.165) is 47.0 Å². The lowest BCUT2D eigenvalue weighted by Gasteiger charge is -2.29. The molecule has 0 fully saturated rings. The van der Waals surface area contributed by atoms with Crippen molar-refractivity contribution < 1.29 is 0 Å². The highest BCUT2D eigenvalue weighted by molar-refractivity contribution is 6.23. The second kappa shape index (κ2) is 19.7. The van der Waals surface area contributed by atoms with Crippen molar-refractivity contribution in [1.29, 1.82) is 0 Å². The van der Waals surface area contributed by atoms with Crippen molar-refractivity contribution >= 4 is 121 Å². The molecule has 82 heavy (non-hydrogen) atoms. The number of hydrogen-bond donors (Lipinski definition) is 0. The minimum absolute atomic E-state index is 1.01. The van der Waals surface area contributed by atoms with Crippen LogP contribution < -0.4 is 20.2 Å². The molecule has 0 bridgehead atoms. The fraction of sp³-hybridized carbons (Fsp3) is 0.0250. The zero-order valence-corrected chi connectivity index (χ0v) is 45.2. The summed E-state index contributed by atoms with van der Waals surface area (Å²) in [7, 11) is 0. The lowest BCUT2D eigenvalue weighted by Crippen LogP contribution is -2.29. The Morgan fingerprint density at radius 1 is 0.232 bits per heavy atom. The van der Waals surface area contributed by atoms with E-state index in [1.165, 1.54) is 119 Å². The van der Waals surface area contributed by atoms with Gasteiger partial charge in [-0.3, -0.25) is 0 Å². The van der Waals surface area contributed by atoms with E-state index in [9.17, 15) is 0 Å². The number of rotatable bonds is 9. The Labute approximate surface area is 476 Å². The third-order valence-electron chi connectivity index (χ3n) is 17.2. The first-order chi connectivity index (χ1) is 40.6. The summed E-state index contributed by atoms with van der Waals surface area (Å²) in [5.41, 5.74) is 14.0. The first-order valence-electron chi connectivity index (χ1n) is 28.6. The topological polar surface area (TPSA) is 6.48 Å². The van der Waals surface area contributed by atoms with Crippen LogP contribution in [0.5, 0.6) is 0 Å². The van der Waals surface area contributed by atoms with Crippen LogP contribution in [0.1, 0.15) is 18.4 Å². The summed E-state index contributed by atoms with van der Waals surface area (Å²) in [5, 5.41) is 19.5. The summed E-state index contributed by atoms with van der Waals surface area (Å²) in [6.45, 7) is 0. The Morgan fingerprint density at radius 3 is 1.01 bits per heavy atom. The Hall–Kier alpha value is -10.5. The molecular weight excluding hydrogens is 989 g/mol. The molecule has 0 radical (unpaired) electrons. The fourth-order valence-corrected chi connectivity index (χ4v) is 13.2. The van der Waals surface area contributed by atoms with Crippen LogP contribution in [0.4, 0.5) is 34.1 Å². The van der Waals surface area contributed by atoms with E-state index in [-0.39, 0.29) is 0 Å². The molecule has 0 N–H and O–H groups in total. The Balaban J connectivity index is 0.996. The van der Waals surface area contributed by atoms with Crippen molar-refractivity contribution in [3.63, 3.8) is 0 Å². The van der Waals surface area contributed by atoms with Gasteiger partial charge in [0.25, 0.3) is 0 Å². The number of fused-ring (bicyclic) bond motifs is 8. The minimum atomic E-state index is 1.01. The molecule has 0 unspecified atom stereocenters. The van der Waals surface area contributed by atoms with Gasteiger partial charge >= 0.3 is 0 Å². The highest BCUT2D eigenvalue weighted by Crippen LogP contribution is 2.50. The monoisotopic (exact) mass is 1040 g/mol. The van der Waals surface area contributed by atoms with Crippen molar-refractivity contribution in [3.05, 3.63) is 313 Å². The van der Waals surface area contributed by atoms with Crippen LogP contribution in [0.2, 0.25) is 0 Å². The van der Waals surface area contributed by atoms with Gasteiger partial charge in [0, 0.05) is 34.1 Å². The van der Waals surface area contributed by atoms with E-state index in [1.807, 2.05) is 0 Å². The molecule has 16 rings (SSSR count). The maximum Gasteiger partial charge on any atom is 0.0468 e. The van der Waals surface area contributed by atoms with Crippen LogP contribution >= 0.6 is 0 Å². The van der Waals surface area contributed by atoms with Crippen LogP contribution in [0.25, 0.3) is 109 Å². The minimum Gasteiger partial charge on any atom is -0.310 e. The number of hydrogen-bond acceptors (Lipinski definition) is 2. The third-order valence-corrected chi connectivity index (χ3v) is 17.2. The highest BCUT2D eigenvalue weighted by atomic mass is 15.1. The average molecular weight is 1040 g/mol. The van der Waals surface area contributed by atoms with Gasteiger partial charge in [-0.15, -0.1) is 0 Å². The quantitative estimate of drug-likeness (QED) is 0.133. The molecule has 384 valence electrons. The lowest BCUT2D eigenvalue weighted by molar-refractivity contribution is 1.08. The Morgan fingerprint density at radius 2 is 0.561 bits per heavy atom. The second-order valence-corrected chi connectivity index (χ2v) is 22.0. The van der Waals surface area contributed by atoms with Gasteiger partial charge in [0.05, 0.1) is 0 Å². The molecule has 2 heteroatoms. The van der Waals surface area contributed by atoms with Crippen LogP contribution in [0, 0.1) is 0 Å². The smallest absolute Gasteiger partial charge is 0.0468 e. The predicted octanol–water partition coefficient (Wildman–Crippen LogP) is 20.8. The molecule has 1 aliphatic carbocycles. The van der Waals surface area contributed by atoms with E-state index >= 15 is 0 Å². The van der Waals surface area contributed by atoms with Gasteiger partial charge in [0.15, 0.2) is 0 Å². The van der Waals surface area contributed by atoms with Gasteiger partial charge in [0.2, 0.25) is 0 Å². The fourth-order valence-electron chi connectivity index (χ4n) is 13.2. The molecule has 2 nitrogen and oxygen atoms in total. The van der Waals surface area contributed by atoms with E-state index < -0.39 is 0 Å². The van der Waals surface area contributed by atoms with Crippen molar-refractivity contribution in [2.24, 2.45) is 0 Å². The lowest BCUT2D eigenvalue weighted by atomic mass is 9.84. The number of anilines is 6. The number of nitrogens with zero attached hydrogens (tertiary/aromatic N) is 2. The standard InChI is InChI=1S/C80H54N2/c1-6-20-61-46-66(33-28-53(61)14-1)80-76-45-43-71(81(67-38-34-54-15-2-7-21-62(54)47-67)68-39-35-55-16-3-8-22-63(55)48-68)51-77(76)79(60-31-29-59(30-32-60)74-27-13-25-58-19-11-12-26-73(58)74)75-44-42-72(52-78(75)80)82(69-40-36-56-17-4-9-23-64(56)49-69)70-41-37-57-18-5-10-24-65(57)50-70/h1-12,14-26,28-52H,13,27H2. The van der Waals surface area contributed by atoms with Crippen LogP contribution in [-0.4, -0.2) is 0 Å². The van der Waals surface area contributed by atoms with Crippen LogP contribution in [0.3, 0.4) is 0 Å². The van der Waals surface area contributed by atoms with Crippen molar-refractivity contribution in [2.45, 2.75) is 12.8 Å². The summed E-state index contributed by atoms with van der Waals surface area (Å²) >= 11 is 0. The third kappa shape index (κ3) is 8.27. The van der Waals surface area contributed by atoms with Gasteiger partial charge in [-0.05, 0) is 211 Å². The molecule has 0 atom stereocenters. The molecule has 0 saturated carbocycles. The molecule has 0 aliphatic heterocycles. The summed E-state index contributed by atoms with van der Waals surface area (Å²) in [5.74, 6) is 0. The average Bonchev–Trinajstić information content (AvgIpc) is 3.73. The summed E-state index contributed by atoms with van der Waals surface area (Å²) in [4.78, 5) is 4.90. The van der Waals surface area contributed by atoms with E-state index in [1.54, 1.807) is 0 Å². The summed E-state index contributed by atoms with van der Waals surface area (Å²) in [6.07, 6.45) is 4.43. The predicted molar refractivity (Wildman–Crippen MR) is 351 cm³/mol. The molecule has 0 spiro atoms. The van der Waals surface area contributed by atoms with Crippen molar-refractivity contribution in [3.8, 4) is 22.3 Å². The molecule has 1 aliphatic rings. The van der Waals surface area contributed by atoms with Gasteiger partial charge in [-0.25, -0.2) is 0 Å². The van der Waals surface area contributed by atoms with Gasteiger partial charge in [-0.2, -0.15) is 0 Å².